The number of aryl methyl sites for hydroxylation is 2. The molecular weight excluding hydrogens is 276 g/mol. The quantitative estimate of drug-likeness (QED) is 0.684. The van der Waals surface area contributed by atoms with E-state index >= 15 is 0 Å². The topological polar surface area (TPSA) is 72.2 Å². The third-order valence-corrected chi connectivity index (χ3v) is 3.24. The number of nitro groups is 1. The minimum atomic E-state index is -0.714. The van der Waals surface area contributed by atoms with Gasteiger partial charge in [0.05, 0.1) is 0 Å². The van der Waals surface area contributed by atoms with E-state index in [1.807, 2.05) is 13.8 Å². The first kappa shape index (κ1) is 12.6. The summed E-state index contributed by atoms with van der Waals surface area (Å²) in [5.74, 6) is -0.619. The average Bonchev–Trinajstić information content (AvgIpc) is 2.12. The van der Waals surface area contributed by atoms with E-state index < -0.39 is 17.4 Å². The summed E-state index contributed by atoms with van der Waals surface area (Å²) in [6.07, 6.45) is 0. The fourth-order valence-corrected chi connectivity index (χ4v) is 1.56. The first-order valence-corrected chi connectivity index (χ1v) is 5.38. The maximum Gasteiger partial charge on any atom is 0.296 e. The van der Waals surface area contributed by atoms with E-state index in [2.05, 4.69) is 21.2 Å². The molecule has 6 heteroatoms. The average molecular weight is 287 g/mol. The number of rotatable bonds is 3. The van der Waals surface area contributed by atoms with E-state index in [9.17, 15) is 14.9 Å². The van der Waals surface area contributed by atoms with Gasteiger partial charge in [-0.15, -0.1) is 0 Å². The Morgan fingerprint density at radius 3 is 2.38 bits per heavy atom. The van der Waals surface area contributed by atoms with E-state index in [-0.39, 0.29) is 0 Å². The Kier molecular flexibility index (Phi) is 4.00. The predicted octanol–water partition coefficient (Wildman–Crippen LogP) is 2.28. The van der Waals surface area contributed by atoms with Crippen LogP contribution in [0.5, 0.6) is 0 Å². The third-order valence-electron chi connectivity index (χ3n) is 1.99. The monoisotopic (exact) mass is 286 g/mol. The largest absolute Gasteiger partial charge is 0.320 e. The molecule has 1 aromatic rings. The molecule has 0 fully saturated rings. The number of benzene rings is 1. The fourth-order valence-electron chi connectivity index (χ4n) is 1.34. The van der Waals surface area contributed by atoms with Crippen LogP contribution in [-0.4, -0.2) is 17.4 Å². The van der Waals surface area contributed by atoms with Crippen LogP contribution in [0, 0.1) is 24.0 Å². The fraction of sp³-hybridized carbons (Fsp3) is 0.300. The SMILES string of the molecule is Cc1cc(NC(=O)C[N+](=O)[O-])cc(C)c1Br. The first-order chi connectivity index (χ1) is 7.40. The van der Waals surface area contributed by atoms with Crippen molar-refractivity contribution in [3.63, 3.8) is 0 Å². The van der Waals surface area contributed by atoms with Crippen molar-refractivity contribution in [3.8, 4) is 0 Å². The van der Waals surface area contributed by atoms with Crippen LogP contribution in [0.2, 0.25) is 0 Å². The molecule has 1 amide bonds. The Morgan fingerprint density at radius 2 is 1.94 bits per heavy atom. The normalized spacial score (nSPS) is 9.94. The van der Waals surface area contributed by atoms with Gasteiger partial charge in [0.2, 0.25) is 0 Å². The van der Waals surface area contributed by atoms with Crippen molar-refractivity contribution in [1.82, 2.24) is 0 Å². The first-order valence-electron chi connectivity index (χ1n) is 4.58. The molecule has 0 bridgehead atoms. The van der Waals surface area contributed by atoms with Crippen LogP contribution in [0.3, 0.4) is 0 Å². The second kappa shape index (κ2) is 5.07. The highest BCUT2D eigenvalue weighted by Gasteiger charge is 2.10. The molecule has 0 spiro atoms. The number of carbonyl (C=O) groups is 1. The van der Waals surface area contributed by atoms with Crippen LogP contribution in [0.15, 0.2) is 16.6 Å². The molecule has 0 aliphatic carbocycles. The van der Waals surface area contributed by atoms with E-state index in [4.69, 9.17) is 0 Å². The summed E-state index contributed by atoms with van der Waals surface area (Å²) < 4.78 is 0.972. The number of nitrogens with zero attached hydrogens (tertiary/aromatic N) is 1. The third kappa shape index (κ3) is 3.30. The lowest BCUT2D eigenvalue weighted by molar-refractivity contribution is -0.467. The number of amides is 1. The lowest BCUT2D eigenvalue weighted by Crippen LogP contribution is -2.21. The molecule has 0 aliphatic heterocycles. The van der Waals surface area contributed by atoms with Gasteiger partial charge >= 0.3 is 0 Å². The molecule has 0 radical (unpaired) electrons. The number of halogens is 1. The molecular formula is C10H11BrN2O3. The van der Waals surface area contributed by atoms with Crippen LogP contribution in [-0.2, 0) is 4.79 Å². The van der Waals surface area contributed by atoms with Crippen molar-refractivity contribution in [2.24, 2.45) is 0 Å². The summed E-state index contributed by atoms with van der Waals surface area (Å²) in [6.45, 7) is 3.06. The number of hydrogen-bond donors (Lipinski definition) is 1. The van der Waals surface area contributed by atoms with Gasteiger partial charge in [-0.1, -0.05) is 15.9 Å². The molecule has 1 aromatic carbocycles. The summed E-state index contributed by atoms with van der Waals surface area (Å²) >= 11 is 3.40. The van der Waals surface area contributed by atoms with Gasteiger partial charge in [0, 0.05) is 15.1 Å². The lowest BCUT2D eigenvalue weighted by atomic mass is 10.1. The van der Waals surface area contributed by atoms with Crippen LogP contribution in [0.25, 0.3) is 0 Å². The highest BCUT2D eigenvalue weighted by molar-refractivity contribution is 9.10. The smallest absolute Gasteiger partial charge is 0.296 e. The summed E-state index contributed by atoms with van der Waals surface area (Å²) in [7, 11) is 0. The number of carbonyl (C=O) groups excluding carboxylic acids is 1. The Hall–Kier alpha value is -1.43. The van der Waals surface area contributed by atoms with Crippen LogP contribution in [0.4, 0.5) is 5.69 Å². The maximum absolute atomic E-state index is 11.2. The molecule has 0 heterocycles. The standard InChI is InChI=1S/C10H11BrN2O3/c1-6-3-8(4-7(2)10(6)11)12-9(14)5-13(15)16/h3-4H,5H2,1-2H3,(H,12,14). The summed E-state index contributed by atoms with van der Waals surface area (Å²) in [6, 6.07) is 3.52. The molecule has 0 saturated carbocycles. The molecule has 16 heavy (non-hydrogen) atoms. The highest BCUT2D eigenvalue weighted by atomic mass is 79.9. The van der Waals surface area contributed by atoms with Crippen molar-refractivity contribution < 1.29 is 9.72 Å². The van der Waals surface area contributed by atoms with Gasteiger partial charge in [0.15, 0.2) is 0 Å². The van der Waals surface area contributed by atoms with Gasteiger partial charge in [-0.05, 0) is 37.1 Å². The molecule has 5 nitrogen and oxygen atoms in total. The summed E-state index contributed by atoms with van der Waals surface area (Å²) in [5.41, 5.74) is 2.51. The Labute approximate surface area is 101 Å². The van der Waals surface area contributed by atoms with Gasteiger partial charge in [-0.2, -0.15) is 0 Å². The number of nitrogens with one attached hydrogen (secondary N) is 1. The zero-order valence-corrected chi connectivity index (χ0v) is 10.5. The van der Waals surface area contributed by atoms with Crippen LogP contribution >= 0.6 is 15.9 Å². The minimum Gasteiger partial charge on any atom is -0.320 e. The minimum absolute atomic E-state index is 0.574. The van der Waals surface area contributed by atoms with E-state index in [1.165, 1.54) is 0 Å². The molecule has 1 N–H and O–H groups in total. The number of hydrogen-bond acceptors (Lipinski definition) is 3. The van der Waals surface area contributed by atoms with E-state index in [1.54, 1.807) is 12.1 Å². The van der Waals surface area contributed by atoms with Crippen molar-refractivity contribution in [1.29, 1.82) is 0 Å². The van der Waals surface area contributed by atoms with Crippen LogP contribution in [0.1, 0.15) is 11.1 Å². The van der Waals surface area contributed by atoms with Crippen molar-refractivity contribution in [2.75, 3.05) is 11.9 Å². The molecule has 1 rings (SSSR count). The lowest BCUT2D eigenvalue weighted by Gasteiger charge is -2.08. The number of anilines is 1. The maximum atomic E-state index is 11.2. The van der Waals surface area contributed by atoms with Crippen molar-refractivity contribution >= 4 is 27.5 Å². The van der Waals surface area contributed by atoms with E-state index in [0.29, 0.717) is 5.69 Å². The molecule has 0 aliphatic rings. The van der Waals surface area contributed by atoms with Gasteiger partial charge < -0.3 is 5.32 Å². The molecule has 0 unspecified atom stereocenters. The Balaban J connectivity index is 2.82. The van der Waals surface area contributed by atoms with Crippen molar-refractivity contribution in [2.45, 2.75) is 13.8 Å². The van der Waals surface area contributed by atoms with Gasteiger partial charge in [-0.25, -0.2) is 0 Å². The van der Waals surface area contributed by atoms with Gasteiger partial charge in [-0.3, -0.25) is 14.9 Å². The van der Waals surface area contributed by atoms with Crippen molar-refractivity contribution in [3.05, 3.63) is 37.8 Å². The molecule has 0 saturated heterocycles. The second-order valence-electron chi connectivity index (χ2n) is 3.46. The predicted molar refractivity (Wildman–Crippen MR) is 64.1 cm³/mol. The molecule has 0 aromatic heterocycles. The summed E-state index contributed by atoms with van der Waals surface area (Å²) in [4.78, 5) is 20.6. The van der Waals surface area contributed by atoms with Crippen LogP contribution < -0.4 is 5.32 Å². The summed E-state index contributed by atoms with van der Waals surface area (Å²) in [5, 5.41) is 12.6. The Bertz CT molecular complexity index is 423. The highest BCUT2D eigenvalue weighted by Crippen LogP contribution is 2.24. The van der Waals surface area contributed by atoms with Gasteiger partial charge in [0.25, 0.3) is 12.5 Å². The molecule has 0 atom stereocenters. The van der Waals surface area contributed by atoms with Gasteiger partial charge in [0.1, 0.15) is 0 Å². The second-order valence-corrected chi connectivity index (χ2v) is 4.26. The van der Waals surface area contributed by atoms with E-state index in [0.717, 1.165) is 15.6 Å². The zero-order valence-electron chi connectivity index (χ0n) is 8.91. The Morgan fingerprint density at radius 1 is 1.44 bits per heavy atom. The molecule has 86 valence electrons. The zero-order chi connectivity index (χ0) is 12.3.